The maximum absolute atomic E-state index is 12.3. The van der Waals surface area contributed by atoms with Gasteiger partial charge in [0, 0.05) is 51.0 Å². The van der Waals surface area contributed by atoms with Crippen molar-refractivity contribution >= 4 is 6.03 Å². The van der Waals surface area contributed by atoms with E-state index in [1.807, 2.05) is 34.7 Å². The molecule has 2 aromatic rings. The minimum atomic E-state index is -0.0173. The van der Waals surface area contributed by atoms with E-state index in [0.717, 1.165) is 24.9 Å². The molecule has 0 saturated heterocycles. The van der Waals surface area contributed by atoms with Gasteiger partial charge in [0.2, 0.25) is 0 Å². The summed E-state index contributed by atoms with van der Waals surface area (Å²) in [4.78, 5) is 22.2. The number of imidazole rings is 1. The van der Waals surface area contributed by atoms with E-state index in [0.29, 0.717) is 19.6 Å². The lowest BCUT2D eigenvalue weighted by Gasteiger charge is -2.23. The van der Waals surface area contributed by atoms with Crippen molar-refractivity contribution in [3.8, 4) is 0 Å². The van der Waals surface area contributed by atoms with Crippen LogP contribution in [0, 0.1) is 0 Å². The van der Waals surface area contributed by atoms with E-state index in [2.05, 4.69) is 15.3 Å². The Morgan fingerprint density at radius 1 is 1.36 bits per heavy atom. The number of nitrogens with one attached hydrogen (secondary N) is 1. The van der Waals surface area contributed by atoms with Crippen LogP contribution in [0.1, 0.15) is 25.3 Å². The molecule has 0 aromatic carbocycles. The Labute approximate surface area is 131 Å². The molecule has 0 aliphatic carbocycles. The van der Waals surface area contributed by atoms with Crippen molar-refractivity contribution in [3.05, 3.63) is 48.8 Å². The van der Waals surface area contributed by atoms with Crippen molar-refractivity contribution in [3.63, 3.8) is 0 Å². The monoisotopic (exact) mass is 301 g/mol. The van der Waals surface area contributed by atoms with Crippen LogP contribution in [0.25, 0.3) is 0 Å². The van der Waals surface area contributed by atoms with E-state index in [4.69, 9.17) is 0 Å². The number of carbonyl (C=O) groups is 1. The Morgan fingerprint density at radius 2 is 2.27 bits per heavy atom. The third-order valence-corrected chi connectivity index (χ3v) is 3.31. The fourth-order valence-electron chi connectivity index (χ4n) is 2.17. The van der Waals surface area contributed by atoms with Gasteiger partial charge in [-0.3, -0.25) is 4.98 Å². The predicted octanol–water partition coefficient (Wildman–Crippen LogP) is 2.29. The molecule has 0 atom stereocenters. The number of urea groups is 1. The molecule has 2 amide bonds. The van der Waals surface area contributed by atoms with Gasteiger partial charge in [0.05, 0.1) is 6.33 Å². The molecule has 6 nitrogen and oxygen atoms in total. The molecule has 118 valence electrons. The van der Waals surface area contributed by atoms with Crippen LogP contribution >= 0.6 is 0 Å². The SMILES string of the molecule is CCCNC(=O)N(CCCn1ccnc1)Cc1cccnc1. The molecule has 0 fully saturated rings. The van der Waals surface area contributed by atoms with Gasteiger partial charge in [0.25, 0.3) is 0 Å². The molecule has 1 N–H and O–H groups in total. The minimum absolute atomic E-state index is 0.0173. The largest absolute Gasteiger partial charge is 0.338 e. The first kappa shape index (κ1) is 16.0. The van der Waals surface area contributed by atoms with Gasteiger partial charge in [0.1, 0.15) is 0 Å². The van der Waals surface area contributed by atoms with Gasteiger partial charge in [-0.25, -0.2) is 9.78 Å². The summed E-state index contributed by atoms with van der Waals surface area (Å²) in [6.07, 6.45) is 10.9. The predicted molar refractivity (Wildman–Crippen MR) is 85.2 cm³/mol. The first-order chi connectivity index (χ1) is 10.8. The van der Waals surface area contributed by atoms with E-state index in [1.54, 1.807) is 24.9 Å². The Balaban J connectivity index is 1.90. The molecule has 2 heterocycles. The lowest BCUT2D eigenvalue weighted by molar-refractivity contribution is 0.193. The molecule has 0 spiro atoms. The summed E-state index contributed by atoms with van der Waals surface area (Å²) < 4.78 is 2.02. The van der Waals surface area contributed by atoms with Crippen LogP contribution < -0.4 is 5.32 Å². The van der Waals surface area contributed by atoms with Crippen molar-refractivity contribution in [2.75, 3.05) is 13.1 Å². The van der Waals surface area contributed by atoms with E-state index in [1.165, 1.54) is 0 Å². The molecule has 0 bridgehead atoms. The van der Waals surface area contributed by atoms with Crippen LogP contribution in [-0.2, 0) is 13.1 Å². The summed E-state index contributed by atoms with van der Waals surface area (Å²) in [7, 11) is 0. The fourth-order valence-corrected chi connectivity index (χ4v) is 2.17. The second kappa shape index (κ2) is 8.81. The quantitative estimate of drug-likeness (QED) is 0.813. The molecule has 0 unspecified atom stereocenters. The van der Waals surface area contributed by atoms with Crippen molar-refractivity contribution in [2.45, 2.75) is 32.9 Å². The van der Waals surface area contributed by atoms with E-state index in [-0.39, 0.29) is 6.03 Å². The second-order valence-electron chi connectivity index (χ2n) is 5.17. The standard InChI is InChI=1S/C16H23N5O/c1-2-6-19-16(22)21(13-15-5-3-7-17-12-15)10-4-9-20-11-8-18-14-20/h3,5,7-8,11-12,14H,2,4,6,9-10,13H2,1H3,(H,19,22). The number of aryl methyl sites for hydroxylation is 1. The lowest BCUT2D eigenvalue weighted by Crippen LogP contribution is -2.40. The summed E-state index contributed by atoms with van der Waals surface area (Å²) in [6.45, 7) is 4.87. The normalized spacial score (nSPS) is 10.4. The molecular weight excluding hydrogens is 278 g/mol. The van der Waals surface area contributed by atoms with E-state index in [9.17, 15) is 4.79 Å². The second-order valence-corrected chi connectivity index (χ2v) is 5.17. The third kappa shape index (κ3) is 5.20. The first-order valence-electron chi connectivity index (χ1n) is 7.67. The zero-order chi connectivity index (χ0) is 15.6. The Hall–Kier alpha value is -2.37. The number of nitrogens with zero attached hydrogens (tertiary/aromatic N) is 4. The topological polar surface area (TPSA) is 63.1 Å². The molecule has 0 radical (unpaired) electrons. The van der Waals surface area contributed by atoms with Crippen LogP contribution in [0.2, 0.25) is 0 Å². The maximum atomic E-state index is 12.3. The molecule has 0 saturated carbocycles. The van der Waals surface area contributed by atoms with Crippen molar-refractivity contribution < 1.29 is 4.79 Å². The van der Waals surface area contributed by atoms with Gasteiger partial charge in [-0.05, 0) is 24.5 Å². The number of amides is 2. The van der Waals surface area contributed by atoms with Gasteiger partial charge in [-0.15, -0.1) is 0 Å². The molecule has 2 rings (SSSR count). The van der Waals surface area contributed by atoms with Gasteiger partial charge in [0.15, 0.2) is 0 Å². The van der Waals surface area contributed by atoms with Crippen LogP contribution in [0.15, 0.2) is 43.2 Å². The number of hydrogen-bond donors (Lipinski definition) is 1. The van der Waals surface area contributed by atoms with Crippen LogP contribution in [0.3, 0.4) is 0 Å². The number of aromatic nitrogens is 3. The molecular formula is C16H23N5O. The van der Waals surface area contributed by atoms with Crippen LogP contribution in [0.4, 0.5) is 4.79 Å². The van der Waals surface area contributed by atoms with Crippen LogP contribution in [-0.4, -0.2) is 38.6 Å². The minimum Gasteiger partial charge on any atom is -0.338 e. The zero-order valence-electron chi connectivity index (χ0n) is 13.0. The highest BCUT2D eigenvalue weighted by Crippen LogP contribution is 2.05. The van der Waals surface area contributed by atoms with Gasteiger partial charge < -0.3 is 14.8 Å². The van der Waals surface area contributed by atoms with Crippen molar-refractivity contribution in [1.29, 1.82) is 0 Å². The highest BCUT2D eigenvalue weighted by atomic mass is 16.2. The Morgan fingerprint density at radius 3 is 2.95 bits per heavy atom. The van der Waals surface area contributed by atoms with Crippen LogP contribution in [0.5, 0.6) is 0 Å². The Bertz CT molecular complexity index is 541. The molecule has 6 heteroatoms. The van der Waals surface area contributed by atoms with Crippen molar-refractivity contribution in [2.24, 2.45) is 0 Å². The van der Waals surface area contributed by atoms with Gasteiger partial charge in [-0.2, -0.15) is 0 Å². The smallest absolute Gasteiger partial charge is 0.317 e. The fraction of sp³-hybridized carbons (Fsp3) is 0.438. The summed E-state index contributed by atoms with van der Waals surface area (Å²) in [5.41, 5.74) is 1.04. The Kier molecular flexibility index (Phi) is 6.41. The molecule has 22 heavy (non-hydrogen) atoms. The maximum Gasteiger partial charge on any atom is 0.317 e. The summed E-state index contributed by atoms with van der Waals surface area (Å²) in [5.74, 6) is 0. The van der Waals surface area contributed by atoms with Crippen molar-refractivity contribution in [1.82, 2.24) is 24.8 Å². The first-order valence-corrected chi connectivity index (χ1v) is 7.67. The third-order valence-electron chi connectivity index (χ3n) is 3.31. The summed E-state index contributed by atoms with van der Waals surface area (Å²) in [6, 6.07) is 3.86. The molecule has 2 aromatic heterocycles. The number of hydrogen-bond acceptors (Lipinski definition) is 3. The average molecular weight is 301 g/mol. The zero-order valence-corrected chi connectivity index (χ0v) is 13.0. The molecule has 0 aliphatic heterocycles. The van der Waals surface area contributed by atoms with Gasteiger partial charge >= 0.3 is 6.03 Å². The highest BCUT2D eigenvalue weighted by Gasteiger charge is 2.13. The number of rotatable bonds is 8. The number of pyridine rings is 1. The summed E-state index contributed by atoms with van der Waals surface area (Å²) in [5, 5.41) is 2.94. The van der Waals surface area contributed by atoms with E-state index < -0.39 is 0 Å². The average Bonchev–Trinajstić information content (AvgIpc) is 3.06. The highest BCUT2D eigenvalue weighted by molar-refractivity contribution is 5.74. The van der Waals surface area contributed by atoms with Gasteiger partial charge in [-0.1, -0.05) is 13.0 Å². The number of carbonyl (C=O) groups excluding carboxylic acids is 1. The lowest BCUT2D eigenvalue weighted by atomic mass is 10.2. The molecule has 0 aliphatic rings. The summed E-state index contributed by atoms with van der Waals surface area (Å²) >= 11 is 0. The van der Waals surface area contributed by atoms with E-state index >= 15 is 0 Å².